The Bertz CT molecular complexity index is 416. The largest absolute Gasteiger partial charge is 0.476 e. The highest BCUT2D eigenvalue weighted by molar-refractivity contribution is 6.58. The van der Waals surface area contributed by atoms with E-state index in [-0.39, 0.29) is 16.9 Å². The molecule has 1 aliphatic carbocycles. The smallest absolute Gasteiger partial charge is 0.355 e. The summed E-state index contributed by atoms with van der Waals surface area (Å²) < 4.78 is 0. The number of halogens is 1. The summed E-state index contributed by atoms with van der Waals surface area (Å²) in [6, 6.07) is 0. The standard InChI is InChI=1S/C12H18ClN3O2/c1-2-3-6-16-10(14)8(13)9(12(17)18)15-11(16)7-4-5-7/h7,11H,2-6,14H2,1H3,(H,17,18). The average Bonchev–Trinajstić information content (AvgIpc) is 3.14. The minimum Gasteiger partial charge on any atom is -0.476 e. The number of aliphatic imine (C=N–C) groups is 1. The van der Waals surface area contributed by atoms with Crippen LogP contribution in [0, 0.1) is 5.92 Å². The van der Waals surface area contributed by atoms with Gasteiger partial charge < -0.3 is 15.7 Å². The molecule has 0 spiro atoms. The third-order valence-corrected chi connectivity index (χ3v) is 3.69. The molecular formula is C12H18ClN3O2. The number of nitrogens with zero attached hydrogens (tertiary/aromatic N) is 2. The molecule has 1 unspecified atom stereocenters. The molecule has 6 heteroatoms. The fourth-order valence-electron chi connectivity index (χ4n) is 2.13. The van der Waals surface area contributed by atoms with E-state index < -0.39 is 5.97 Å². The van der Waals surface area contributed by atoms with Crippen LogP contribution in [-0.4, -0.2) is 34.4 Å². The fourth-order valence-corrected chi connectivity index (χ4v) is 2.37. The van der Waals surface area contributed by atoms with Crippen LogP contribution in [0.25, 0.3) is 0 Å². The quantitative estimate of drug-likeness (QED) is 0.798. The summed E-state index contributed by atoms with van der Waals surface area (Å²) in [6.07, 6.45) is 4.05. The molecule has 0 aromatic rings. The third kappa shape index (κ3) is 2.46. The van der Waals surface area contributed by atoms with E-state index in [4.69, 9.17) is 22.4 Å². The second-order valence-corrected chi connectivity index (χ2v) is 5.16. The Balaban J connectivity index is 2.27. The Hall–Kier alpha value is -1.23. The zero-order valence-electron chi connectivity index (χ0n) is 10.4. The Labute approximate surface area is 111 Å². The number of hydrogen-bond acceptors (Lipinski definition) is 4. The summed E-state index contributed by atoms with van der Waals surface area (Å²) in [7, 11) is 0. The molecule has 5 nitrogen and oxygen atoms in total. The predicted molar refractivity (Wildman–Crippen MR) is 70.3 cm³/mol. The predicted octanol–water partition coefficient (Wildman–Crippen LogP) is 1.73. The van der Waals surface area contributed by atoms with Crippen LogP contribution in [0.4, 0.5) is 0 Å². The number of rotatable bonds is 5. The highest BCUT2D eigenvalue weighted by atomic mass is 35.5. The zero-order chi connectivity index (χ0) is 13.3. The monoisotopic (exact) mass is 271 g/mol. The number of hydrogen-bond donors (Lipinski definition) is 2. The number of carboxylic acids is 1. The third-order valence-electron chi connectivity index (χ3n) is 3.32. The van der Waals surface area contributed by atoms with Gasteiger partial charge in [-0.25, -0.2) is 4.79 Å². The first-order valence-corrected chi connectivity index (χ1v) is 6.67. The maximum Gasteiger partial charge on any atom is 0.355 e. The van der Waals surface area contributed by atoms with Crippen molar-refractivity contribution in [3.63, 3.8) is 0 Å². The van der Waals surface area contributed by atoms with Crippen LogP contribution in [0.2, 0.25) is 0 Å². The van der Waals surface area contributed by atoms with Gasteiger partial charge in [-0.15, -0.1) is 0 Å². The van der Waals surface area contributed by atoms with Crippen molar-refractivity contribution in [3.05, 3.63) is 10.9 Å². The SMILES string of the molecule is CCCCN1C(N)=C(Cl)C(C(=O)O)=NC1C1CC1. The van der Waals surface area contributed by atoms with Gasteiger partial charge in [-0.05, 0) is 25.2 Å². The van der Waals surface area contributed by atoms with Gasteiger partial charge in [0.15, 0.2) is 5.71 Å². The van der Waals surface area contributed by atoms with Crippen molar-refractivity contribution in [1.82, 2.24) is 4.90 Å². The summed E-state index contributed by atoms with van der Waals surface area (Å²) in [4.78, 5) is 17.3. The molecule has 3 N–H and O–H groups in total. The van der Waals surface area contributed by atoms with Gasteiger partial charge >= 0.3 is 5.97 Å². The minimum atomic E-state index is -1.11. The summed E-state index contributed by atoms with van der Waals surface area (Å²) >= 11 is 5.99. The molecule has 1 saturated carbocycles. The second kappa shape index (κ2) is 5.18. The molecule has 1 fully saturated rings. The topological polar surface area (TPSA) is 78.9 Å². The molecule has 100 valence electrons. The fraction of sp³-hybridized carbons (Fsp3) is 0.667. The van der Waals surface area contributed by atoms with Crippen molar-refractivity contribution >= 4 is 23.3 Å². The van der Waals surface area contributed by atoms with Crippen LogP contribution in [-0.2, 0) is 4.79 Å². The van der Waals surface area contributed by atoms with Crippen LogP contribution in [0.1, 0.15) is 32.6 Å². The van der Waals surface area contributed by atoms with Crippen molar-refractivity contribution in [3.8, 4) is 0 Å². The Kier molecular flexibility index (Phi) is 3.80. The molecule has 2 rings (SSSR count). The van der Waals surface area contributed by atoms with E-state index in [9.17, 15) is 4.79 Å². The van der Waals surface area contributed by atoms with Gasteiger partial charge in [-0.2, -0.15) is 0 Å². The van der Waals surface area contributed by atoms with Gasteiger partial charge in [0.05, 0.1) is 0 Å². The first-order chi connectivity index (χ1) is 8.56. The van der Waals surface area contributed by atoms with E-state index in [1.807, 2.05) is 4.90 Å². The van der Waals surface area contributed by atoms with Crippen LogP contribution < -0.4 is 5.73 Å². The van der Waals surface area contributed by atoms with Crippen LogP contribution >= 0.6 is 11.6 Å². The summed E-state index contributed by atoms with van der Waals surface area (Å²) in [5.41, 5.74) is 5.88. The Morgan fingerprint density at radius 2 is 2.28 bits per heavy atom. The first kappa shape index (κ1) is 13.2. The average molecular weight is 272 g/mol. The number of carbonyl (C=O) groups is 1. The van der Waals surface area contributed by atoms with E-state index in [1.165, 1.54) is 0 Å². The molecule has 0 saturated heterocycles. The van der Waals surface area contributed by atoms with Crippen LogP contribution in [0.15, 0.2) is 15.8 Å². The van der Waals surface area contributed by atoms with E-state index >= 15 is 0 Å². The number of carboxylic acid groups (broad SMARTS) is 1. The van der Waals surface area contributed by atoms with Gasteiger partial charge in [0.1, 0.15) is 17.0 Å². The highest BCUT2D eigenvalue weighted by Gasteiger charge is 2.40. The summed E-state index contributed by atoms with van der Waals surface area (Å²) in [5.74, 6) is -0.335. The first-order valence-electron chi connectivity index (χ1n) is 6.29. The molecule has 0 amide bonds. The Morgan fingerprint density at radius 1 is 1.61 bits per heavy atom. The van der Waals surface area contributed by atoms with E-state index in [2.05, 4.69) is 11.9 Å². The van der Waals surface area contributed by atoms with Gasteiger partial charge in [-0.3, -0.25) is 4.99 Å². The van der Waals surface area contributed by atoms with Gasteiger partial charge in [0.2, 0.25) is 0 Å². The Morgan fingerprint density at radius 3 is 2.78 bits per heavy atom. The van der Waals surface area contributed by atoms with Crippen LogP contribution in [0.3, 0.4) is 0 Å². The van der Waals surface area contributed by atoms with Crippen molar-refractivity contribution in [2.24, 2.45) is 16.6 Å². The number of nitrogens with two attached hydrogens (primary N) is 1. The number of unbranched alkanes of at least 4 members (excludes halogenated alkanes) is 1. The second-order valence-electron chi connectivity index (χ2n) is 4.78. The molecular weight excluding hydrogens is 254 g/mol. The molecule has 2 aliphatic rings. The van der Waals surface area contributed by atoms with Crippen molar-refractivity contribution in [2.45, 2.75) is 38.8 Å². The minimum absolute atomic E-state index is 0.0653. The lowest BCUT2D eigenvalue weighted by Crippen LogP contribution is -2.44. The van der Waals surface area contributed by atoms with Gasteiger partial charge in [0.25, 0.3) is 0 Å². The van der Waals surface area contributed by atoms with Gasteiger partial charge in [-0.1, -0.05) is 24.9 Å². The molecule has 18 heavy (non-hydrogen) atoms. The van der Waals surface area contributed by atoms with E-state index in [0.717, 1.165) is 32.2 Å². The maximum absolute atomic E-state index is 11.1. The van der Waals surface area contributed by atoms with Crippen molar-refractivity contribution in [1.29, 1.82) is 0 Å². The van der Waals surface area contributed by atoms with Crippen molar-refractivity contribution < 1.29 is 9.90 Å². The van der Waals surface area contributed by atoms with Gasteiger partial charge in [0, 0.05) is 6.54 Å². The molecule has 1 heterocycles. The number of aliphatic carboxylic acids is 1. The summed E-state index contributed by atoms with van der Waals surface area (Å²) in [6.45, 7) is 2.87. The molecule has 0 aromatic heterocycles. The van der Waals surface area contributed by atoms with E-state index in [1.54, 1.807) is 0 Å². The highest BCUT2D eigenvalue weighted by Crippen LogP contribution is 2.39. The van der Waals surface area contributed by atoms with Crippen LogP contribution in [0.5, 0.6) is 0 Å². The normalized spacial score (nSPS) is 24.2. The lowest BCUT2D eigenvalue weighted by atomic mass is 10.1. The molecule has 0 aromatic carbocycles. The maximum atomic E-state index is 11.1. The zero-order valence-corrected chi connectivity index (χ0v) is 11.2. The lowest BCUT2D eigenvalue weighted by Gasteiger charge is -2.35. The summed E-state index contributed by atoms with van der Waals surface area (Å²) in [5, 5.41) is 9.15. The molecule has 1 atom stereocenters. The lowest BCUT2D eigenvalue weighted by molar-refractivity contribution is -0.129. The molecule has 0 bridgehead atoms. The van der Waals surface area contributed by atoms with E-state index in [0.29, 0.717) is 11.7 Å². The van der Waals surface area contributed by atoms with Crippen molar-refractivity contribution in [2.75, 3.05) is 6.54 Å². The molecule has 1 aliphatic heterocycles. The molecule has 0 radical (unpaired) electrons.